The number of piperidine rings is 1. The number of anilines is 1. The van der Waals surface area contributed by atoms with E-state index in [1.54, 1.807) is 4.90 Å². The van der Waals surface area contributed by atoms with Gasteiger partial charge in [0.25, 0.3) is 0 Å². The average molecular weight is 368 g/mol. The smallest absolute Gasteiger partial charge is 0.321 e. The quantitative estimate of drug-likeness (QED) is 0.837. The molecular formula is C18H26ClN3O3. The Morgan fingerprint density at radius 2 is 1.84 bits per heavy atom. The van der Waals surface area contributed by atoms with E-state index in [0.29, 0.717) is 19.6 Å². The third-order valence-electron chi connectivity index (χ3n) is 4.70. The van der Waals surface area contributed by atoms with E-state index < -0.39 is 5.97 Å². The number of carbonyl (C=O) groups is 2. The van der Waals surface area contributed by atoms with E-state index in [1.807, 2.05) is 37.8 Å². The number of likely N-dealkylation sites (tertiary alicyclic amines) is 1. The van der Waals surface area contributed by atoms with Gasteiger partial charge in [-0.2, -0.15) is 0 Å². The predicted octanol–water partition coefficient (Wildman–Crippen LogP) is 3.36. The highest BCUT2D eigenvalue weighted by Gasteiger charge is 2.27. The van der Waals surface area contributed by atoms with Crippen LogP contribution in [0.3, 0.4) is 0 Å². The predicted molar refractivity (Wildman–Crippen MR) is 99.4 cm³/mol. The summed E-state index contributed by atoms with van der Waals surface area (Å²) in [5.74, 6) is -0.810. The summed E-state index contributed by atoms with van der Waals surface area (Å²) >= 11 is 6.16. The average Bonchev–Trinajstić information content (AvgIpc) is 2.57. The maximum Gasteiger partial charge on any atom is 0.321 e. The molecule has 1 aromatic carbocycles. The fourth-order valence-electron chi connectivity index (χ4n) is 3.33. The highest BCUT2D eigenvalue weighted by atomic mass is 35.5. The first-order chi connectivity index (χ1) is 11.8. The van der Waals surface area contributed by atoms with Crippen molar-refractivity contribution in [3.05, 3.63) is 28.3 Å². The Hall–Kier alpha value is -1.79. The Balaban J connectivity index is 1.92. The van der Waals surface area contributed by atoms with Crippen LogP contribution in [0.25, 0.3) is 0 Å². The first-order valence-electron chi connectivity index (χ1n) is 8.60. The second-order valence-electron chi connectivity index (χ2n) is 6.53. The van der Waals surface area contributed by atoms with Crippen LogP contribution in [0.2, 0.25) is 5.02 Å². The fourth-order valence-corrected chi connectivity index (χ4v) is 3.44. The molecule has 0 bridgehead atoms. The zero-order chi connectivity index (χ0) is 18.6. The van der Waals surface area contributed by atoms with Gasteiger partial charge >= 0.3 is 12.0 Å². The first-order valence-corrected chi connectivity index (χ1v) is 8.98. The van der Waals surface area contributed by atoms with Crippen LogP contribution in [0.5, 0.6) is 0 Å². The second-order valence-corrected chi connectivity index (χ2v) is 6.91. The minimum absolute atomic E-state index is 0.0523. The van der Waals surface area contributed by atoms with Crippen molar-refractivity contribution in [2.75, 3.05) is 31.5 Å². The summed E-state index contributed by atoms with van der Waals surface area (Å²) in [5, 5.41) is 12.6. The maximum absolute atomic E-state index is 12.5. The normalized spacial score (nSPS) is 15.5. The van der Waals surface area contributed by atoms with Crippen molar-refractivity contribution in [2.24, 2.45) is 0 Å². The molecule has 6 nitrogen and oxygen atoms in total. The van der Waals surface area contributed by atoms with Crippen LogP contribution in [0.1, 0.15) is 30.9 Å². The molecular weight excluding hydrogens is 342 g/mol. The zero-order valence-electron chi connectivity index (χ0n) is 15.0. The topological polar surface area (TPSA) is 72.9 Å². The lowest BCUT2D eigenvalue weighted by Crippen LogP contribution is -2.49. The number of rotatable bonds is 5. The molecule has 0 saturated carbocycles. The van der Waals surface area contributed by atoms with Gasteiger partial charge in [-0.25, -0.2) is 4.79 Å². The lowest BCUT2D eigenvalue weighted by Gasteiger charge is -2.37. The van der Waals surface area contributed by atoms with E-state index in [2.05, 4.69) is 5.32 Å². The molecule has 0 atom stereocenters. The minimum Gasteiger partial charge on any atom is -0.480 e. The van der Waals surface area contributed by atoms with Crippen molar-refractivity contribution in [1.82, 2.24) is 9.80 Å². The number of carboxylic acid groups (broad SMARTS) is 1. The number of carboxylic acids is 1. The number of aryl methyl sites for hydroxylation is 2. The molecule has 1 saturated heterocycles. The maximum atomic E-state index is 12.5. The number of carbonyl (C=O) groups excluding carboxylic acids is 1. The van der Waals surface area contributed by atoms with Crippen LogP contribution >= 0.6 is 11.6 Å². The lowest BCUT2D eigenvalue weighted by molar-refractivity contribution is -0.139. The van der Waals surface area contributed by atoms with E-state index >= 15 is 0 Å². The van der Waals surface area contributed by atoms with Crippen molar-refractivity contribution < 1.29 is 14.7 Å². The largest absolute Gasteiger partial charge is 0.480 e. The number of aliphatic carboxylic acids is 1. The first kappa shape index (κ1) is 19.5. The number of nitrogens with zero attached hydrogens (tertiary/aromatic N) is 2. The number of urea groups is 1. The van der Waals surface area contributed by atoms with Crippen molar-refractivity contribution in [1.29, 1.82) is 0 Å². The van der Waals surface area contributed by atoms with Crippen LogP contribution in [-0.2, 0) is 4.79 Å². The number of benzene rings is 1. The number of hydrogen-bond acceptors (Lipinski definition) is 3. The van der Waals surface area contributed by atoms with Gasteiger partial charge in [-0.05, 0) is 56.5 Å². The van der Waals surface area contributed by atoms with Crippen molar-refractivity contribution in [3.8, 4) is 0 Å². The molecule has 2 N–H and O–H groups in total. The number of nitrogens with one attached hydrogen (secondary N) is 1. The van der Waals surface area contributed by atoms with E-state index in [1.165, 1.54) is 0 Å². The van der Waals surface area contributed by atoms with Crippen LogP contribution in [0.4, 0.5) is 10.5 Å². The molecule has 2 rings (SSSR count). The van der Waals surface area contributed by atoms with E-state index in [0.717, 1.165) is 34.7 Å². The van der Waals surface area contributed by atoms with Gasteiger partial charge in [0.15, 0.2) is 0 Å². The second kappa shape index (κ2) is 8.54. The molecule has 1 aliphatic rings. The van der Waals surface area contributed by atoms with Gasteiger partial charge < -0.3 is 15.3 Å². The van der Waals surface area contributed by atoms with E-state index in [4.69, 9.17) is 16.7 Å². The minimum atomic E-state index is -0.810. The Kier molecular flexibility index (Phi) is 6.67. The van der Waals surface area contributed by atoms with Crippen LogP contribution < -0.4 is 5.32 Å². The molecule has 0 aliphatic carbocycles. The highest BCUT2D eigenvalue weighted by Crippen LogP contribution is 2.25. The van der Waals surface area contributed by atoms with Crippen molar-refractivity contribution >= 4 is 29.3 Å². The van der Waals surface area contributed by atoms with Gasteiger partial charge in [-0.15, -0.1) is 0 Å². The third kappa shape index (κ3) is 5.09. The lowest BCUT2D eigenvalue weighted by atomic mass is 10.0. The van der Waals surface area contributed by atoms with Crippen molar-refractivity contribution in [3.63, 3.8) is 0 Å². The number of halogens is 1. The van der Waals surface area contributed by atoms with Gasteiger partial charge in [0.1, 0.15) is 0 Å². The molecule has 1 aromatic rings. The summed E-state index contributed by atoms with van der Waals surface area (Å²) in [7, 11) is 0. The summed E-state index contributed by atoms with van der Waals surface area (Å²) < 4.78 is 0. The van der Waals surface area contributed by atoms with E-state index in [9.17, 15) is 9.59 Å². The van der Waals surface area contributed by atoms with Gasteiger partial charge in [-0.3, -0.25) is 9.69 Å². The molecule has 1 fully saturated rings. The molecule has 2 amide bonds. The standard InChI is InChI=1S/C18H26ClN3O3/c1-4-21(11-16(23)24)15-5-7-22(8-6-15)18(25)20-14-9-12(2)17(19)13(3)10-14/h9-10,15H,4-8,11H2,1-3H3,(H,20,25)(H,23,24). The summed E-state index contributed by atoms with van der Waals surface area (Å²) in [6.07, 6.45) is 1.57. The summed E-state index contributed by atoms with van der Waals surface area (Å²) in [5.41, 5.74) is 2.61. The number of likely N-dealkylation sites (N-methyl/N-ethyl adjacent to an activating group) is 1. The molecule has 0 unspecified atom stereocenters. The number of hydrogen-bond donors (Lipinski definition) is 2. The van der Waals surface area contributed by atoms with Gasteiger partial charge in [0.2, 0.25) is 0 Å². The zero-order valence-corrected chi connectivity index (χ0v) is 15.8. The molecule has 0 spiro atoms. The van der Waals surface area contributed by atoms with Gasteiger partial charge in [0, 0.05) is 29.8 Å². The summed E-state index contributed by atoms with van der Waals surface area (Å²) in [6.45, 7) is 7.79. The Bertz CT molecular complexity index is 619. The Labute approximate surface area is 153 Å². The van der Waals surface area contributed by atoms with Gasteiger partial charge in [0.05, 0.1) is 6.54 Å². The Morgan fingerprint density at radius 1 is 1.28 bits per heavy atom. The SMILES string of the molecule is CCN(CC(=O)O)C1CCN(C(=O)Nc2cc(C)c(Cl)c(C)c2)CC1. The van der Waals surface area contributed by atoms with Crippen LogP contribution in [0, 0.1) is 13.8 Å². The van der Waals surface area contributed by atoms with Crippen molar-refractivity contribution in [2.45, 2.75) is 39.7 Å². The highest BCUT2D eigenvalue weighted by molar-refractivity contribution is 6.32. The summed E-state index contributed by atoms with van der Waals surface area (Å²) in [6, 6.07) is 3.82. The molecule has 25 heavy (non-hydrogen) atoms. The van der Waals surface area contributed by atoms with E-state index in [-0.39, 0.29) is 18.6 Å². The molecule has 0 radical (unpaired) electrons. The Morgan fingerprint density at radius 3 is 2.32 bits per heavy atom. The molecule has 1 heterocycles. The van der Waals surface area contributed by atoms with Crippen LogP contribution in [-0.4, -0.2) is 59.1 Å². The summed E-state index contributed by atoms with van der Waals surface area (Å²) in [4.78, 5) is 27.2. The number of amides is 2. The van der Waals surface area contributed by atoms with Gasteiger partial charge in [-0.1, -0.05) is 18.5 Å². The fraction of sp³-hybridized carbons (Fsp3) is 0.556. The molecule has 7 heteroatoms. The monoisotopic (exact) mass is 367 g/mol. The third-order valence-corrected chi connectivity index (χ3v) is 5.30. The molecule has 138 valence electrons. The molecule has 1 aliphatic heterocycles. The van der Waals surface area contributed by atoms with Crippen LogP contribution in [0.15, 0.2) is 12.1 Å². The molecule has 0 aromatic heterocycles.